The summed E-state index contributed by atoms with van der Waals surface area (Å²) in [5.74, 6) is 1.35. The van der Waals surface area contributed by atoms with Crippen LogP contribution in [-0.4, -0.2) is 14.2 Å². The van der Waals surface area contributed by atoms with Crippen molar-refractivity contribution in [2.75, 3.05) is 14.2 Å². The van der Waals surface area contributed by atoms with Gasteiger partial charge >= 0.3 is 0 Å². The van der Waals surface area contributed by atoms with Gasteiger partial charge in [0.1, 0.15) is 5.82 Å². The van der Waals surface area contributed by atoms with Gasteiger partial charge in [0, 0.05) is 11.6 Å². The lowest BCUT2D eigenvalue weighted by Crippen LogP contribution is -2.07. The summed E-state index contributed by atoms with van der Waals surface area (Å²) in [6, 6.07) is 3.01. The summed E-state index contributed by atoms with van der Waals surface area (Å²) in [6.07, 6.45) is 8.45. The molecule has 0 heterocycles. The Labute approximate surface area is 131 Å². The minimum absolute atomic E-state index is 0.313. The molecule has 1 saturated carbocycles. The third-order valence-corrected chi connectivity index (χ3v) is 4.85. The third-order valence-electron chi connectivity index (χ3n) is 4.39. The second-order valence-corrected chi connectivity index (χ2v) is 6.30. The van der Waals surface area contributed by atoms with E-state index < -0.39 is 0 Å². The summed E-state index contributed by atoms with van der Waals surface area (Å²) >= 11 is 6.42. The second kappa shape index (κ2) is 7.88. The Morgan fingerprint density at radius 2 is 1.76 bits per heavy atom. The van der Waals surface area contributed by atoms with Crippen molar-refractivity contribution < 1.29 is 13.9 Å². The SMILES string of the molecule is COc1cc(F)c(C(Cl)CCC2CCCCC2)cc1OC. The van der Waals surface area contributed by atoms with E-state index in [9.17, 15) is 4.39 Å². The van der Waals surface area contributed by atoms with Crippen LogP contribution in [0.4, 0.5) is 4.39 Å². The summed E-state index contributed by atoms with van der Waals surface area (Å²) in [7, 11) is 3.04. The van der Waals surface area contributed by atoms with Gasteiger partial charge in [0.15, 0.2) is 11.5 Å². The molecule has 1 aliphatic rings. The molecule has 0 saturated heterocycles. The van der Waals surface area contributed by atoms with E-state index in [-0.39, 0.29) is 11.2 Å². The van der Waals surface area contributed by atoms with Crippen molar-refractivity contribution in [1.82, 2.24) is 0 Å². The average Bonchev–Trinajstić information content (AvgIpc) is 2.53. The number of alkyl halides is 1. The number of rotatable bonds is 6. The van der Waals surface area contributed by atoms with E-state index in [2.05, 4.69) is 0 Å². The monoisotopic (exact) mass is 314 g/mol. The van der Waals surface area contributed by atoms with Gasteiger partial charge in [-0.3, -0.25) is 0 Å². The van der Waals surface area contributed by atoms with Gasteiger partial charge < -0.3 is 9.47 Å². The Bertz CT molecular complexity index is 458. The Morgan fingerprint density at radius 3 is 2.38 bits per heavy atom. The minimum Gasteiger partial charge on any atom is -0.493 e. The van der Waals surface area contributed by atoms with Crippen LogP contribution in [0.15, 0.2) is 12.1 Å². The highest BCUT2D eigenvalue weighted by Gasteiger charge is 2.20. The van der Waals surface area contributed by atoms with Crippen LogP contribution >= 0.6 is 11.6 Å². The van der Waals surface area contributed by atoms with E-state index >= 15 is 0 Å². The van der Waals surface area contributed by atoms with Crippen LogP contribution in [0.2, 0.25) is 0 Å². The smallest absolute Gasteiger partial charge is 0.163 e. The van der Waals surface area contributed by atoms with Gasteiger partial charge in [-0.2, -0.15) is 0 Å². The fraction of sp³-hybridized carbons (Fsp3) is 0.647. The fourth-order valence-corrected chi connectivity index (χ4v) is 3.42. The predicted octanol–water partition coefficient (Wildman–Crippen LogP) is 5.48. The molecule has 1 unspecified atom stereocenters. The van der Waals surface area contributed by atoms with Gasteiger partial charge in [-0.15, -0.1) is 11.6 Å². The van der Waals surface area contributed by atoms with E-state index in [1.807, 2.05) is 0 Å². The highest BCUT2D eigenvalue weighted by molar-refractivity contribution is 6.20. The molecule has 1 aliphatic carbocycles. The Kier molecular flexibility index (Phi) is 6.16. The normalized spacial score (nSPS) is 17.5. The first-order chi connectivity index (χ1) is 10.2. The lowest BCUT2D eigenvalue weighted by Gasteiger charge is -2.22. The summed E-state index contributed by atoms with van der Waals surface area (Å²) in [6.45, 7) is 0. The number of methoxy groups -OCH3 is 2. The first-order valence-corrected chi connectivity index (χ1v) is 8.14. The van der Waals surface area contributed by atoms with Gasteiger partial charge in [0.25, 0.3) is 0 Å². The van der Waals surface area contributed by atoms with Gasteiger partial charge in [-0.1, -0.05) is 32.1 Å². The molecule has 2 nitrogen and oxygen atoms in total. The summed E-state index contributed by atoms with van der Waals surface area (Å²) in [5, 5.41) is -0.313. The van der Waals surface area contributed by atoms with Crippen molar-refractivity contribution in [3.05, 3.63) is 23.5 Å². The molecular weight excluding hydrogens is 291 g/mol. The minimum atomic E-state index is -0.323. The fourth-order valence-electron chi connectivity index (χ4n) is 3.12. The maximum atomic E-state index is 14.1. The molecular formula is C17H24ClFO2. The quantitative estimate of drug-likeness (QED) is 0.647. The molecule has 118 valence electrons. The second-order valence-electron chi connectivity index (χ2n) is 5.78. The topological polar surface area (TPSA) is 18.5 Å². The van der Waals surface area contributed by atoms with E-state index in [0.29, 0.717) is 17.1 Å². The lowest BCUT2D eigenvalue weighted by atomic mass is 9.85. The molecule has 0 amide bonds. The van der Waals surface area contributed by atoms with Gasteiger partial charge in [0.2, 0.25) is 0 Å². The zero-order chi connectivity index (χ0) is 15.2. The third kappa shape index (κ3) is 4.26. The van der Waals surface area contributed by atoms with Gasteiger partial charge in [0.05, 0.1) is 19.6 Å². The van der Waals surface area contributed by atoms with Crippen LogP contribution in [0.1, 0.15) is 55.9 Å². The number of hydrogen-bond donors (Lipinski definition) is 0. The van der Waals surface area contributed by atoms with Crippen molar-refractivity contribution in [3.8, 4) is 11.5 Å². The Hall–Kier alpha value is -0.960. The molecule has 1 fully saturated rings. The van der Waals surface area contributed by atoms with Gasteiger partial charge in [-0.25, -0.2) is 4.39 Å². The average molecular weight is 315 g/mol. The summed E-state index contributed by atoms with van der Waals surface area (Å²) < 4.78 is 24.5. The van der Waals surface area contributed by atoms with E-state index in [4.69, 9.17) is 21.1 Å². The maximum absolute atomic E-state index is 14.1. The molecule has 0 N–H and O–H groups in total. The molecule has 1 atom stereocenters. The van der Waals surface area contributed by atoms with Crippen LogP contribution in [0.25, 0.3) is 0 Å². The molecule has 4 heteroatoms. The number of benzene rings is 1. The summed E-state index contributed by atoms with van der Waals surface area (Å²) in [4.78, 5) is 0. The largest absolute Gasteiger partial charge is 0.493 e. The molecule has 2 rings (SSSR count). The highest BCUT2D eigenvalue weighted by Crippen LogP contribution is 2.38. The summed E-state index contributed by atoms with van der Waals surface area (Å²) in [5.41, 5.74) is 0.505. The number of ether oxygens (including phenoxy) is 2. The number of hydrogen-bond acceptors (Lipinski definition) is 2. The molecule has 0 bridgehead atoms. The first-order valence-electron chi connectivity index (χ1n) is 7.71. The Morgan fingerprint density at radius 1 is 1.14 bits per heavy atom. The van der Waals surface area contributed by atoms with E-state index in [1.165, 1.54) is 45.3 Å². The highest BCUT2D eigenvalue weighted by atomic mass is 35.5. The zero-order valence-corrected chi connectivity index (χ0v) is 13.6. The standard InChI is InChI=1S/C17H24ClFO2/c1-20-16-10-13(15(19)11-17(16)21-2)14(18)9-8-12-6-4-3-5-7-12/h10-12,14H,3-9H2,1-2H3. The number of halogens is 2. The molecule has 1 aromatic carbocycles. The molecule has 0 aromatic heterocycles. The van der Waals surface area contributed by atoms with Crippen LogP contribution in [0.5, 0.6) is 11.5 Å². The van der Waals surface area contributed by atoms with Crippen LogP contribution in [0, 0.1) is 11.7 Å². The zero-order valence-electron chi connectivity index (χ0n) is 12.8. The molecule has 21 heavy (non-hydrogen) atoms. The van der Waals surface area contributed by atoms with Crippen molar-refractivity contribution in [2.24, 2.45) is 5.92 Å². The van der Waals surface area contributed by atoms with Crippen LogP contribution in [-0.2, 0) is 0 Å². The van der Waals surface area contributed by atoms with E-state index in [1.54, 1.807) is 13.2 Å². The van der Waals surface area contributed by atoms with Crippen molar-refractivity contribution in [2.45, 2.75) is 50.3 Å². The van der Waals surface area contributed by atoms with Crippen molar-refractivity contribution >= 4 is 11.6 Å². The molecule has 0 aliphatic heterocycles. The molecule has 1 aromatic rings. The van der Waals surface area contributed by atoms with Gasteiger partial charge in [-0.05, 0) is 24.8 Å². The van der Waals surface area contributed by atoms with Crippen LogP contribution < -0.4 is 9.47 Å². The first kappa shape index (κ1) is 16.4. The maximum Gasteiger partial charge on any atom is 0.163 e. The predicted molar refractivity (Wildman–Crippen MR) is 83.9 cm³/mol. The molecule has 0 spiro atoms. The lowest BCUT2D eigenvalue weighted by molar-refractivity contribution is 0.330. The Balaban J connectivity index is 2.02. The van der Waals surface area contributed by atoms with Crippen molar-refractivity contribution in [3.63, 3.8) is 0 Å². The molecule has 0 radical (unpaired) electrons. The van der Waals surface area contributed by atoms with Crippen LogP contribution in [0.3, 0.4) is 0 Å². The van der Waals surface area contributed by atoms with Crippen molar-refractivity contribution in [1.29, 1.82) is 0 Å². The van der Waals surface area contributed by atoms with E-state index in [0.717, 1.165) is 18.8 Å².